The van der Waals surface area contributed by atoms with Gasteiger partial charge in [0.25, 0.3) is 5.91 Å². The maximum Gasteiger partial charge on any atom is 0.290 e. The van der Waals surface area contributed by atoms with E-state index in [1.165, 1.54) is 12.1 Å². The standard InChI is InChI=1S/C25H27FN2O3/c1-5-27(6-2)11-12-28-22(17-7-9-18(26)10-8-17)21-23(29)19-13-15(3)16(4)14-20(19)31-24(21)25(28)30/h7-10,13-14,22H,5-6,11-12H2,1-4H3. The van der Waals surface area contributed by atoms with Gasteiger partial charge in [0.1, 0.15) is 11.4 Å². The van der Waals surface area contributed by atoms with Gasteiger partial charge in [0.15, 0.2) is 5.43 Å². The number of nitrogens with zero attached hydrogens (tertiary/aromatic N) is 2. The van der Waals surface area contributed by atoms with Gasteiger partial charge in [0, 0.05) is 13.1 Å². The summed E-state index contributed by atoms with van der Waals surface area (Å²) in [6.07, 6.45) is 0. The molecule has 6 heteroatoms. The molecule has 0 aliphatic carbocycles. The third kappa shape index (κ3) is 3.65. The number of hydrogen-bond donors (Lipinski definition) is 0. The first-order valence-electron chi connectivity index (χ1n) is 10.7. The summed E-state index contributed by atoms with van der Waals surface area (Å²) >= 11 is 0. The minimum absolute atomic E-state index is 0.0922. The topological polar surface area (TPSA) is 53.8 Å². The number of fused-ring (bicyclic) bond motifs is 2. The van der Waals surface area contributed by atoms with Crippen molar-refractivity contribution in [1.29, 1.82) is 0 Å². The van der Waals surface area contributed by atoms with Crippen LogP contribution >= 0.6 is 0 Å². The lowest BCUT2D eigenvalue weighted by Crippen LogP contribution is -2.37. The van der Waals surface area contributed by atoms with Crippen molar-refractivity contribution in [1.82, 2.24) is 9.80 Å². The average Bonchev–Trinajstić information content (AvgIpc) is 3.03. The lowest BCUT2D eigenvalue weighted by Gasteiger charge is -2.28. The van der Waals surface area contributed by atoms with E-state index in [4.69, 9.17) is 4.42 Å². The van der Waals surface area contributed by atoms with Crippen molar-refractivity contribution in [2.45, 2.75) is 33.7 Å². The van der Waals surface area contributed by atoms with Gasteiger partial charge in [-0.1, -0.05) is 26.0 Å². The van der Waals surface area contributed by atoms with Crippen molar-refractivity contribution in [3.63, 3.8) is 0 Å². The average molecular weight is 423 g/mol. The van der Waals surface area contributed by atoms with Crippen molar-refractivity contribution >= 4 is 16.9 Å². The molecule has 1 unspecified atom stereocenters. The van der Waals surface area contributed by atoms with Crippen LogP contribution in [-0.4, -0.2) is 41.9 Å². The summed E-state index contributed by atoms with van der Waals surface area (Å²) in [5.41, 5.74) is 3.24. The summed E-state index contributed by atoms with van der Waals surface area (Å²) in [5, 5.41) is 0.465. The third-order valence-electron chi connectivity index (χ3n) is 6.32. The van der Waals surface area contributed by atoms with E-state index in [1.807, 2.05) is 26.0 Å². The van der Waals surface area contributed by atoms with E-state index < -0.39 is 6.04 Å². The molecule has 0 bridgehead atoms. The van der Waals surface area contributed by atoms with Gasteiger partial charge in [-0.3, -0.25) is 9.59 Å². The summed E-state index contributed by atoms with van der Waals surface area (Å²) in [6.45, 7) is 10.9. The fraction of sp³-hybridized carbons (Fsp3) is 0.360. The number of aryl methyl sites for hydroxylation is 2. The highest BCUT2D eigenvalue weighted by Crippen LogP contribution is 2.38. The quantitative estimate of drug-likeness (QED) is 0.590. The van der Waals surface area contributed by atoms with Crippen LogP contribution in [0.3, 0.4) is 0 Å². The maximum absolute atomic E-state index is 13.6. The van der Waals surface area contributed by atoms with Crippen molar-refractivity contribution in [3.05, 3.63) is 80.5 Å². The molecule has 0 N–H and O–H groups in total. The van der Waals surface area contributed by atoms with Crippen LogP contribution in [0.4, 0.5) is 4.39 Å². The van der Waals surface area contributed by atoms with E-state index in [9.17, 15) is 14.0 Å². The summed E-state index contributed by atoms with van der Waals surface area (Å²) in [6, 6.07) is 9.02. The van der Waals surface area contributed by atoms with Gasteiger partial charge in [-0.2, -0.15) is 0 Å². The normalized spacial score (nSPS) is 15.9. The highest BCUT2D eigenvalue weighted by molar-refractivity contribution is 5.99. The molecule has 0 saturated heterocycles. The smallest absolute Gasteiger partial charge is 0.290 e. The molecule has 4 rings (SSSR count). The Morgan fingerprint density at radius 2 is 1.68 bits per heavy atom. The SMILES string of the molecule is CCN(CC)CCN1C(=O)c2oc3cc(C)c(C)cc3c(=O)c2C1c1ccc(F)cc1. The zero-order valence-electron chi connectivity index (χ0n) is 18.4. The number of carbonyl (C=O) groups excluding carboxylic acids is 1. The molecule has 3 aromatic rings. The monoisotopic (exact) mass is 422 g/mol. The van der Waals surface area contributed by atoms with Crippen LogP contribution in [0.1, 0.15) is 52.7 Å². The molecule has 1 amide bonds. The third-order valence-corrected chi connectivity index (χ3v) is 6.32. The van der Waals surface area contributed by atoms with Crippen molar-refractivity contribution in [2.24, 2.45) is 0 Å². The predicted octanol–water partition coefficient (Wildman–Crippen LogP) is 4.44. The van der Waals surface area contributed by atoms with Gasteiger partial charge >= 0.3 is 0 Å². The Balaban J connectivity index is 1.89. The number of carbonyl (C=O) groups is 1. The fourth-order valence-electron chi connectivity index (χ4n) is 4.29. The summed E-state index contributed by atoms with van der Waals surface area (Å²) in [4.78, 5) is 30.8. The molecule has 0 radical (unpaired) electrons. The van der Waals surface area contributed by atoms with E-state index in [1.54, 1.807) is 17.0 Å². The van der Waals surface area contributed by atoms with E-state index in [0.29, 0.717) is 35.2 Å². The van der Waals surface area contributed by atoms with Gasteiger partial charge in [0.05, 0.1) is 17.0 Å². The minimum Gasteiger partial charge on any atom is -0.450 e. The molecule has 0 fully saturated rings. The Bertz CT molecular complexity index is 1200. The second-order valence-electron chi connectivity index (χ2n) is 8.09. The Morgan fingerprint density at radius 1 is 1.03 bits per heavy atom. The van der Waals surface area contributed by atoms with Gasteiger partial charge in [0.2, 0.25) is 5.76 Å². The highest BCUT2D eigenvalue weighted by Gasteiger charge is 2.42. The number of likely N-dealkylation sites (N-methyl/N-ethyl adjacent to an activating group) is 1. The second-order valence-corrected chi connectivity index (χ2v) is 8.09. The molecular weight excluding hydrogens is 395 g/mol. The Morgan fingerprint density at radius 3 is 2.32 bits per heavy atom. The minimum atomic E-state index is -0.596. The van der Waals surface area contributed by atoms with Crippen LogP contribution in [0.2, 0.25) is 0 Å². The van der Waals surface area contributed by atoms with Crippen molar-refractivity contribution in [2.75, 3.05) is 26.2 Å². The first kappa shape index (κ1) is 21.2. The molecule has 1 aromatic heterocycles. The maximum atomic E-state index is 13.6. The molecule has 2 aromatic carbocycles. The fourth-order valence-corrected chi connectivity index (χ4v) is 4.29. The van der Waals surface area contributed by atoms with Crippen LogP contribution in [-0.2, 0) is 0 Å². The highest BCUT2D eigenvalue weighted by atomic mass is 19.1. The molecule has 5 nitrogen and oxygen atoms in total. The Kier molecular flexibility index (Phi) is 5.67. The molecule has 2 heterocycles. The molecule has 31 heavy (non-hydrogen) atoms. The number of benzene rings is 2. The lowest BCUT2D eigenvalue weighted by molar-refractivity contribution is 0.0708. The van der Waals surface area contributed by atoms with Crippen molar-refractivity contribution < 1.29 is 13.6 Å². The van der Waals surface area contributed by atoms with Gasteiger partial charge in [-0.05, 0) is 67.9 Å². The first-order valence-corrected chi connectivity index (χ1v) is 10.7. The van der Waals surface area contributed by atoms with Crippen LogP contribution in [0.15, 0.2) is 45.6 Å². The van der Waals surface area contributed by atoms with Crippen LogP contribution in [0, 0.1) is 19.7 Å². The van der Waals surface area contributed by atoms with Crippen LogP contribution in [0.5, 0.6) is 0 Å². The van der Waals surface area contributed by atoms with E-state index in [2.05, 4.69) is 18.7 Å². The molecule has 1 atom stereocenters. The van der Waals surface area contributed by atoms with E-state index >= 15 is 0 Å². The second kappa shape index (κ2) is 8.27. The molecule has 0 spiro atoms. The van der Waals surface area contributed by atoms with Crippen molar-refractivity contribution in [3.8, 4) is 0 Å². The van der Waals surface area contributed by atoms with Gasteiger partial charge in [-0.15, -0.1) is 0 Å². The lowest BCUT2D eigenvalue weighted by atomic mass is 9.97. The first-order chi connectivity index (χ1) is 14.8. The molecule has 1 aliphatic rings. The Hall–Kier alpha value is -2.99. The van der Waals surface area contributed by atoms with E-state index in [-0.39, 0.29) is 22.9 Å². The largest absolute Gasteiger partial charge is 0.450 e. The van der Waals surface area contributed by atoms with Crippen LogP contribution in [0.25, 0.3) is 11.0 Å². The zero-order chi connectivity index (χ0) is 22.3. The zero-order valence-corrected chi connectivity index (χ0v) is 18.4. The van der Waals surface area contributed by atoms with Gasteiger partial charge in [-0.25, -0.2) is 4.39 Å². The number of hydrogen-bond acceptors (Lipinski definition) is 4. The van der Waals surface area contributed by atoms with Gasteiger partial charge < -0.3 is 14.2 Å². The molecule has 162 valence electrons. The summed E-state index contributed by atoms with van der Waals surface area (Å²) < 4.78 is 19.6. The molecular formula is C25H27FN2O3. The van der Waals surface area contributed by atoms with E-state index in [0.717, 1.165) is 24.2 Å². The summed E-state index contributed by atoms with van der Waals surface area (Å²) in [7, 11) is 0. The Labute approximate surface area is 181 Å². The molecule has 1 aliphatic heterocycles. The predicted molar refractivity (Wildman–Crippen MR) is 119 cm³/mol. The number of amides is 1. The molecule has 0 saturated carbocycles. The summed E-state index contributed by atoms with van der Waals surface area (Å²) in [5.74, 6) is -0.567. The van der Waals surface area contributed by atoms with Crippen LogP contribution < -0.4 is 5.43 Å². The number of rotatable bonds is 6. The number of halogens is 1.